The molecule has 0 atom stereocenters. The molecule has 0 amide bonds. The van der Waals surface area contributed by atoms with Gasteiger partial charge in [-0.05, 0) is 40.6 Å². The van der Waals surface area contributed by atoms with Crippen LogP contribution in [-0.4, -0.2) is 23.0 Å². The summed E-state index contributed by atoms with van der Waals surface area (Å²) >= 11 is 0. The van der Waals surface area contributed by atoms with Crippen LogP contribution in [0, 0.1) is 0 Å². The number of fused-ring (bicyclic) bond motifs is 1. The largest absolute Gasteiger partial charge is 0.289 e. The number of rotatable bonds is 3. The fourth-order valence-corrected chi connectivity index (χ4v) is 4.75. The van der Waals surface area contributed by atoms with Crippen LogP contribution in [0.3, 0.4) is 0 Å². The van der Waals surface area contributed by atoms with Gasteiger partial charge < -0.3 is 0 Å². The van der Waals surface area contributed by atoms with Gasteiger partial charge in [-0.15, -0.1) is 0 Å². The van der Waals surface area contributed by atoms with E-state index in [1.165, 1.54) is 29.7 Å². The minimum atomic E-state index is 0.325. The van der Waals surface area contributed by atoms with Crippen LogP contribution in [0.4, 0.5) is 0 Å². The number of Topliss-reactive ketones (excluding diaryl/α,β-unsaturated/α-hetero) is 1. The molecule has 2 aromatic carbocycles. The summed E-state index contributed by atoms with van der Waals surface area (Å²) in [6, 6.07) is 14.3. The smallest absolute Gasteiger partial charge is 0.211 e. The number of carbonyl (C=O) groups excluding carboxylic acids is 1. The summed E-state index contributed by atoms with van der Waals surface area (Å²) in [6.07, 6.45) is 2.63. The van der Waals surface area contributed by atoms with Crippen molar-refractivity contribution in [1.82, 2.24) is 0 Å². The molecule has 1 aliphatic heterocycles. The predicted molar refractivity (Wildman–Crippen MR) is 79.5 cm³/mol. The molecule has 0 aromatic heterocycles. The molecule has 0 radical (unpaired) electrons. The Morgan fingerprint density at radius 2 is 1.72 bits per heavy atom. The van der Waals surface area contributed by atoms with Crippen molar-refractivity contribution in [2.24, 2.45) is 0 Å². The van der Waals surface area contributed by atoms with E-state index in [0.29, 0.717) is 16.7 Å². The molecule has 1 nitrogen and oxygen atoms in total. The molecule has 0 unspecified atom stereocenters. The van der Waals surface area contributed by atoms with E-state index in [1.54, 1.807) is 0 Å². The van der Waals surface area contributed by atoms with Gasteiger partial charge in [0, 0.05) is 5.56 Å². The highest BCUT2D eigenvalue weighted by atomic mass is 32.2. The first-order valence-corrected chi connectivity index (χ1v) is 8.22. The highest BCUT2D eigenvalue weighted by Crippen LogP contribution is 2.19. The summed E-state index contributed by atoms with van der Waals surface area (Å²) in [5.74, 6) is 3.61. The second-order valence-electron chi connectivity index (χ2n) is 4.86. The topological polar surface area (TPSA) is 17.1 Å². The first-order chi connectivity index (χ1) is 8.83. The van der Waals surface area contributed by atoms with E-state index >= 15 is 0 Å². The van der Waals surface area contributed by atoms with Crippen molar-refractivity contribution in [1.29, 1.82) is 0 Å². The average molecular weight is 257 g/mol. The lowest BCUT2D eigenvalue weighted by Gasteiger charge is -2.03. The second kappa shape index (κ2) is 5.15. The van der Waals surface area contributed by atoms with Gasteiger partial charge in [-0.25, -0.2) is 0 Å². The molecule has 0 N–H and O–H groups in total. The van der Waals surface area contributed by atoms with E-state index in [9.17, 15) is 4.79 Å². The number of hydrogen-bond donors (Lipinski definition) is 0. The summed E-state index contributed by atoms with van der Waals surface area (Å²) in [5, 5.41) is 2.37. The third-order valence-electron chi connectivity index (χ3n) is 3.52. The Bertz CT molecular complexity index is 570. The van der Waals surface area contributed by atoms with Gasteiger partial charge in [0.25, 0.3) is 0 Å². The second-order valence-corrected chi connectivity index (χ2v) is 7.19. The van der Waals surface area contributed by atoms with Crippen LogP contribution in [0.25, 0.3) is 10.8 Å². The lowest BCUT2D eigenvalue weighted by molar-refractivity contribution is 0.102. The van der Waals surface area contributed by atoms with E-state index in [1.807, 2.05) is 24.3 Å². The molecule has 1 heterocycles. The number of carbonyl (C=O) groups is 1. The maximum absolute atomic E-state index is 12.3. The van der Waals surface area contributed by atoms with Crippen LogP contribution in [0.1, 0.15) is 23.2 Å². The Morgan fingerprint density at radius 3 is 2.50 bits per heavy atom. The molecule has 18 heavy (non-hydrogen) atoms. The number of benzene rings is 2. The van der Waals surface area contributed by atoms with E-state index in [4.69, 9.17) is 0 Å². The zero-order valence-corrected chi connectivity index (χ0v) is 11.2. The summed E-state index contributed by atoms with van der Waals surface area (Å²) in [7, 11) is 0.359. The van der Waals surface area contributed by atoms with Gasteiger partial charge in [-0.3, -0.25) is 4.79 Å². The Hall–Kier alpha value is -1.28. The summed E-state index contributed by atoms with van der Waals surface area (Å²) in [6.45, 7) is 0. The molecular formula is C16H17OS+. The zero-order chi connectivity index (χ0) is 12.4. The normalized spacial score (nSPS) is 16.2. The summed E-state index contributed by atoms with van der Waals surface area (Å²) in [5.41, 5.74) is 0.883. The van der Waals surface area contributed by atoms with Crippen molar-refractivity contribution in [3.63, 3.8) is 0 Å². The quantitative estimate of drug-likeness (QED) is 0.608. The summed E-state index contributed by atoms with van der Waals surface area (Å²) < 4.78 is 0. The molecule has 1 saturated heterocycles. The molecule has 0 saturated carbocycles. The molecule has 0 spiro atoms. The van der Waals surface area contributed by atoms with Crippen LogP contribution >= 0.6 is 0 Å². The molecular weight excluding hydrogens is 240 g/mol. The van der Waals surface area contributed by atoms with Gasteiger partial charge in [0.2, 0.25) is 5.78 Å². The highest BCUT2D eigenvalue weighted by molar-refractivity contribution is 7.97. The van der Waals surface area contributed by atoms with Crippen molar-refractivity contribution >= 4 is 27.5 Å². The molecule has 0 aliphatic carbocycles. The van der Waals surface area contributed by atoms with Gasteiger partial charge in [-0.1, -0.05) is 36.4 Å². The van der Waals surface area contributed by atoms with Crippen LogP contribution < -0.4 is 0 Å². The highest BCUT2D eigenvalue weighted by Gasteiger charge is 2.27. The van der Waals surface area contributed by atoms with E-state index in [0.717, 1.165) is 16.7 Å². The van der Waals surface area contributed by atoms with Crippen molar-refractivity contribution in [3.8, 4) is 0 Å². The predicted octanol–water partition coefficient (Wildman–Crippen LogP) is 3.43. The van der Waals surface area contributed by atoms with Gasteiger partial charge in [0.1, 0.15) is 11.5 Å². The van der Waals surface area contributed by atoms with Crippen molar-refractivity contribution in [2.45, 2.75) is 12.8 Å². The van der Waals surface area contributed by atoms with Crippen LogP contribution in [0.15, 0.2) is 42.5 Å². The van der Waals surface area contributed by atoms with E-state index < -0.39 is 0 Å². The summed E-state index contributed by atoms with van der Waals surface area (Å²) in [4.78, 5) is 12.3. The van der Waals surface area contributed by atoms with Crippen molar-refractivity contribution in [2.75, 3.05) is 17.3 Å². The minimum absolute atomic E-state index is 0.325. The monoisotopic (exact) mass is 257 g/mol. The van der Waals surface area contributed by atoms with Crippen LogP contribution in [0.2, 0.25) is 0 Å². The van der Waals surface area contributed by atoms with E-state index in [2.05, 4.69) is 18.2 Å². The third kappa shape index (κ3) is 2.44. The Kier molecular flexibility index (Phi) is 3.37. The van der Waals surface area contributed by atoms with E-state index in [-0.39, 0.29) is 0 Å². The maximum atomic E-state index is 12.3. The SMILES string of the molecule is O=C(C[S+]1CCCC1)c1ccc2ccccc2c1. The maximum Gasteiger partial charge on any atom is 0.211 e. The van der Waals surface area contributed by atoms with Crippen molar-refractivity contribution in [3.05, 3.63) is 48.0 Å². The Morgan fingerprint density at radius 1 is 1.00 bits per heavy atom. The Balaban J connectivity index is 1.82. The van der Waals surface area contributed by atoms with Crippen molar-refractivity contribution < 1.29 is 4.79 Å². The lowest BCUT2D eigenvalue weighted by atomic mass is 10.1. The molecule has 92 valence electrons. The molecule has 2 heteroatoms. The van der Waals surface area contributed by atoms with Gasteiger partial charge in [0.15, 0.2) is 5.75 Å². The number of hydrogen-bond acceptors (Lipinski definition) is 1. The standard InChI is InChI=1S/C16H17OS/c17-16(12-18-9-3-4-10-18)15-8-7-13-5-1-2-6-14(13)11-15/h1-2,5-8,11H,3-4,9-10,12H2/q+1. The molecule has 2 aromatic rings. The van der Waals surface area contributed by atoms with Gasteiger partial charge >= 0.3 is 0 Å². The van der Waals surface area contributed by atoms with Gasteiger partial charge in [-0.2, -0.15) is 0 Å². The first-order valence-electron chi connectivity index (χ1n) is 6.49. The lowest BCUT2D eigenvalue weighted by Crippen LogP contribution is -2.17. The Labute approximate surface area is 111 Å². The average Bonchev–Trinajstić information content (AvgIpc) is 2.91. The van der Waals surface area contributed by atoms with Gasteiger partial charge in [0.05, 0.1) is 0 Å². The number of ketones is 1. The zero-order valence-electron chi connectivity index (χ0n) is 10.4. The molecule has 1 aliphatic rings. The molecule has 1 fully saturated rings. The molecule has 3 rings (SSSR count). The fraction of sp³-hybridized carbons (Fsp3) is 0.312. The van der Waals surface area contributed by atoms with Crippen LogP contribution in [0.5, 0.6) is 0 Å². The first kappa shape index (κ1) is 11.8. The third-order valence-corrected chi connectivity index (χ3v) is 5.93. The molecule has 0 bridgehead atoms. The van der Waals surface area contributed by atoms with Crippen LogP contribution in [-0.2, 0) is 10.9 Å². The fourth-order valence-electron chi connectivity index (χ4n) is 2.49. The minimum Gasteiger partial charge on any atom is -0.289 e.